The molecule has 1 saturated heterocycles. The topological polar surface area (TPSA) is 31.2 Å². The van der Waals surface area contributed by atoms with E-state index in [0.717, 1.165) is 0 Å². The number of nitrogens with one attached hydrogen (secondary N) is 1. The molecule has 132 valence electrons. The van der Waals surface area contributed by atoms with Gasteiger partial charge < -0.3 is 0 Å². The van der Waals surface area contributed by atoms with Gasteiger partial charge in [-0.15, -0.1) is 0 Å². The Morgan fingerprint density at radius 2 is 1.15 bits per heavy atom. The van der Waals surface area contributed by atoms with Crippen LogP contribution < -0.4 is 16.1 Å². The van der Waals surface area contributed by atoms with Crippen molar-refractivity contribution in [1.82, 2.24) is 5.32 Å². The third-order valence-corrected chi connectivity index (χ3v) is 17.0. The van der Waals surface area contributed by atoms with Crippen molar-refractivity contribution in [3.8, 4) is 0 Å². The van der Waals surface area contributed by atoms with E-state index < -0.39 is 18.8 Å². The fraction of sp³-hybridized carbons (Fsp3) is 0.0833. The predicted octanol–water partition coefficient (Wildman–Crippen LogP) is 2.46. The molecule has 3 aromatic rings. The van der Waals surface area contributed by atoms with E-state index in [9.17, 15) is 0 Å². The van der Waals surface area contributed by atoms with Crippen LogP contribution in [0.5, 0.6) is 0 Å². The van der Waals surface area contributed by atoms with Crippen LogP contribution in [0.4, 0.5) is 0 Å². The van der Waals surface area contributed by atoms with Crippen LogP contribution in [-0.4, -0.2) is 30.6 Å². The molecule has 0 amide bonds. The molecule has 0 saturated carbocycles. The van der Waals surface area contributed by atoms with Gasteiger partial charge in [0.15, 0.2) is 0 Å². The van der Waals surface area contributed by atoms with Crippen LogP contribution in [0.15, 0.2) is 115 Å². The fourth-order valence-corrected chi connectivity index (χ4v) is 15.7. The van der Waals surface area contributed by atoms with Crippen molar-refractivity contribution < 1.29 is 3.07 Å². The predicted molar refractivity (Wildman–Crippen MR) is 113 cm³/mol. The summed E-state index contributed by atoms with van der Waals surface area (Å²) in [6.45, 7) is 0. The van der Waals surface area contributed by atoms with E-state index in [1.165, 1.54) is 10.7 Å². The number of allylic oxidation sites excluding steroid dienone is 2. The summed E-state index contributed by atoms with van der Waals surface area (Å²) in [7, 11) is 0. The van der Waals surface area contributed by atoms with E-state index in [1.54, 1.807) is 0 Å². The molecule has 1 aliphatic carbocycles. The second kappa shape index (κ2) is 6.79. The molecular formula is C24H21NOSn. The molecule has 3 aromatic carbocycles. The van der Waals surface area contributed by atoms with Gasteiger partial charge in [0.2, 0.25) is 0 Å². The van der Waals surface area contributed by atoms with Gasteiger partial charge in [0, 0.05) is 0 Å². The van der Waals surface area contributed by atoms with Crippen molar-refractivity contribution in [2.75, 3.05) is 0 Å². The standard InChI is InChI=1S/C6H6NO.3C6H5.Sn/c8-6-4-2-1-3-5(6)7-6;3*1-2-4-6-5-3-1;/h1-5,7H;3*1-5H;/q-1;;;;+1. The van der Waals surface area contributed by atoms with E-state index >= 15 is 0 Å². The molecule has 1 fully saturated rings. The van der Waals surface area contributed by atoms with Crippen LogP contribution in [0.25, 0.3) is 0 Å². The summed E-state index contributed by atoms with van der Waals surface area (Å²) in [6, 6.07) is 32.7. The molecule has 0 radical (unpaired) electrons. The second-order valence-electron chi connectivity index (χ2n) is 7.04. The van der Waals surface area contributed by atoms with Gasteiger partial charge >= 0.3 is 165 Å². The van der Waals surface area contributed by atoms with Crippen LogP contribution >= 0.6 is 0 Å². The first kappa shape index (κ1) is 17.0. The first-order valence-electron chi connectivity index (χ1n) is 9.34. The zero-order valence-corrected chi connectivity index (χ0v) is 17.8. The Morgan fingerprint density at radius 3 is 1.59 bits per heavy atom. The quantitative estimate of drug-likeness (QED) is 0.471. The number of benzene rings is 3. The Bertz CT molecular complexity index is 888. The Kier molecular flexibility index (Phi) is 4.27. The monoisotopic (exact) mass is 459 g/mol. The van der Waals surface area contributed by atoms with E-state index in [4.69, 9.17) is 3.07 Å². The second-order valence-corrected chi connectivity index (χ2v) is 16.5. The van der Waals surface area contributed by atoms with Crippen molar-refractivity contribution in [3.63, 3.8) is 0 Å². The van der Waals surface area contributed by atoms with Gasteiger partial charge in [-0.05, 0) is 0 Å². The molecule has 3 heteroatoms. The minimum atomic E-state index is -3.70. The maximum absolute atomic E-state index is 7.26. The normalized spacial score (nSPS) is 23.0. The molecule has 1 N–H and O–H groups in total. The zero-order chi connectivity index (χ0) is 18.2. The number of hydrogen-bond donors (Lipinski definition) is 1. The van der Waals surface area contributed by atoms with Crippen LogP contribution in [0.3, 0.4) is 0 Å². The fourth-order valence-electron chi connectivity index (χ4n) is 3.99. The Balaban J connectivity index is 1.75. The summed E-state index contributed by atoms with van der Waals surface area (Å²) in [5.41, 5.74) is -0.383. The van der Waals surface area contributed by atoms with Gasteiger partial charge in [-0.1, -0.05) is 0 Å². The average Bonchev–Trinajstić information content (AvgIpc) is 3.48. The van der Waals surface area contributed by atoms with Crippen molar-refractivity contribution in [2.45, 2.75) is 11.8 Å². The molecule has 2 atom stereocenters. The number of hydrogen-bond acceptors (Lipinski definition) is 2. The molecule has 2 unspecified atom stereocenters. The summed E-state index contributed by atoms with van der Waals surface area (Å²) < 4.78 is 11.2. The molecule has 5 rings (SSSR count). The van der Waals surface area contributed by atoms with Gasteiger partial charge in [-0.2, -0.15) is 0 Å². The summed E-state index contributed by atoms with van der Waals surface area (Å²) in [5, 5.41) is 3.57. The van der Waals surface area contributed by atoms with Crippen LogP contribution in [0.1, 0.15) is 0 Å². The summed E-state index contributed by atoms with van der Waals surface area (Å²) in [4.78, 5) is 0. The van der Waals surface area contributed by atoms with Crippen molar-refractivity contribution in [1.29, 1.82) is 0 Å². The van der Waals surface area contributed by atoms with E-state index in [1.807, 2.05) is 0 Å². The molecular weight excluding hydrogens is 437 g/mol. The molecule has 0 spiro atoms. The Labute approximate surface area is 164 Å². The molecule has 2 aliphatic rings. The van der Waals surface area contributed by atoms with E-state index in [0.29, 0.717) is 0 Å². The van der Waals surface area contributed by atoms with Crippen molar-refractivity contribution >= 4 is 29.5 Å². The molecule has 0 bridgehead atoms. The number of rotatable bonds is 5. The van der Waals surface area contributed by atoms with Crippen LogP contribution in [-0.2, 0) is 3.07 Å². The maximum atomic E-state index is 7.26. The Hall–Kier alpha value is -2.14. The van der Waals surface area contributed by atoms with Crippen LogP contribution in [0.2, 0.25) is 0 Å². The molecule has 2 nitrogen and oxygen atoms in total. The van der Waals surface area contributed by atoms with Gasteiger partial charge in [0.25, 0.3) is 0 Å². The molecule has 1 aliphatic heterocycles. The summed E-state index contributed by atoms with van der Waals surface area (Å²) in [6.07, 6.45) is 8.56. The first-order chi connectivity index (χ1) is 13.3. The molecule has 27 heavy (non-hydrogen) atoms. The third kappa shape index (κ3) is 2.89. The van der Waals surface area contributed by atoms with Crippen LogP contribution in [0, 0.1) is 0 Å². The summed E-state index contributed by atoms with van der Waals surface area (Å²) >= 11 is -3.70. The third-order valence-electron chi connectivity index (χ3n) is 5.38. The Morgan fingerprint density at radius 1 is 0.667 bits per heavy atom. The van der Waals surface area contributed by atoms with Gasteiger partial charge in [0.05, 0.1) is 0 Å². The SMILES string of the molecule is C1=CC2NC2([O][Sn]([c]2ccccc2)([c]2ccccc2)[c]2ccccc2)C=C1. The van der Waals surface area contributed by atoms with Gasteiger partial charge in [-0.25, -0.2) is 0 Å². The van der Waals surface area contributed by atoms with Crippen molar-refractivity contribution in [2.24, 2.45) is 0 Å². The van der Waals surface area contributed by atoms with Gasteiger partial charge in [0.1, 0.15) is 0 Å². The minimum absolute atomic E-state index is 0.259. The first-order valence-corrected chi connectivity index (χ1v) is 14.8. The molecule has 0 aromatic heterocycles. The average molecular weight is 458 g/mol. The zero-order valence-electron chi connectivity index (χ0n) is 15.0. The van der Waals surface area contributed by atoms with Gasteiger partial charge in [-0.3, -0.25) is 0 Å². The number of fused-ring (bicyclic) bond motifs is 1. The van der Waals surface area contributed by atoms with Crippen molar-refractivity contribution in [3.05, 3.63) is 115 Å². The molecule has 1 heterocycles. The van der Waals surface area contributed by atoms with E-state index in [-0.39, 0.29) is 11.8 Å². The summed E-state index contributed by atoms with van der Waals surface area (Å²) in [5.74, 6) is 0. The van der Waals surface area contributed by atoms with E-state index in [2.05, 4.69) is 121 Å².